The number of sulfonamides is 1. The second-order valence-electron chi connectivity index (χ2n) is 8.20. The van der Waals surface area contributed by atoms with Gasteiger partial charge in [0.05, 0.1) is 21.7 Å². The Labute approximate surface area is 200 Å². The van der Waals surface area contributed by atoms with Crippen LogP contribution in [0.25, 0.3) is 11.0 Å². The molecule has 0 bridgehead atoms. The van der Waals surface area contributed by atoms with Gasteiger partial charge in [-0.25, -0.2) is 17.7 Å². The molecule has 0 spiro atoms. The van der Waals surface area contributed by atoms with E-state index in [1.807, 2.05) is 25.1 Å². The minimum Gasteiger partial charge on any atom is -0.325 e. The number of para-hydroxylation sites is 2. The molecule has 0 atom stereocenters. The fourth-order valence-corrected chi connectivity index (χ4v) is 5.27. The molecule has 1 aromatic heterocycles. The maximum Gasteiger partial charge on any atom is 0.242 e. The molecule has 0 fully saturated rings. The Hall–Kier alpha value is -2.36. The Morgan fingerprint density at radius 3 is 2.61 bits per heavy atom. The first-order valence-electron chi connectivity index (χ1n) is 11.1. The van der Waals surface area contributed by atoms with Gasteiger partial charge in [-0.05, 0) is 43.2 Å². The summed E-state index contributed by atoms with van der Waals surface area (Å²) in [6.45, 7) is 4.90. The predicted molar refractivity (Wildman–Crippen MR) is 135 cm³/mol. The highest BCUT2D eigenvalue weighted by Crippen LogP contribution is 2.26. The molecule has 3 rings (SSSR count). The van der Waals surface area contributed by atoms with Crippen molar-refractivity contribution in [3.05, 3.63) is 48.0 Å². The maximum absolute atomic E-state index is 12.7. The Bertz CT molecular complexity index is 1220. The van der Waals surface area contributed by atoms with Crippen LogP contribution in [0.4, 0.5) is 5.69 Å². The number of thioether (sulfide) groups is 1. The number of unbranched alkanes of at least 4 members (excludes halogenated alkanes) is 3. The molecule has 0 aliphatic heterocycles. The summed E-state index contributed by atoms with van der Waals surface area (Å²) < 4.78 is 28.2. The van der Waals surface area contributed by atoms with Crippen LogP contribution < -0.4 is 5.32 Å². The number of hydrogen-bond acceptors (Lipinski definition) is 5. The van der Waals surface area contributed by atoms with Crippen molar-refractivity contribution in [2.45, 2.75) is 56.1 Å². The smallest absolute Gasteiger partial charge is 0.242 e. The molecule has 0 saturated carbocycles. The van der Waals surface area contributed by atoms with Crippen LogP contribution in [-0.2, 0) is 21.4 Å². The van der Waals surface area contributed by atoms with Gasteiger partial charge in [0.25, 0.3) is 0 Å². The fraction of sp³-hybridized carbons (Fsp3) is 0.417. The standard InChI is InChI=1S/C24H32N4O3S2/c1-5-6-7-10-15-28-22-12-9-8-11-20(22)26-24(28)32-17-23(29)25-21-16-19(14-13-18(21)2)33(30,31)27(3)4/h8-9,11-14,16H,5-7,10,15,17H2,1-4H3,(H,25,29). The van der Waals surface area contributed by atoms with Gasteiger partial charge in [0.2, 0.25) is 15.9 Å². The summed E-state index contributed by atoms with van der Waals surface area (Å²) in [4.78, 5) is 17.6. The number of hydrogen-bond donors (Lipinski definition) is 1. The van der Waals surface area contributed by atoms with E-state index in [4.69, 9.17) is 4.98 Å². The average molecular weight is 489 g/mol. The van der Waals surface area contributed by atoms with Crippen molar-refractivity contribution in [3.63, 3.8) is 0 Å². The van der Waals surface area contributed by atoms with E-state index in [2.05, 4.69) is 22.9 Å². The van der Waals surface area contributed by atoms with Gasteiger partial charge in [0.1, 0.15) is 0 Å². The van der Waals surface area contributed by atoms with Crippen LogP contribution in [0.5, 0.6) is 0 Å². The SMILES string of the molecule is CCCCCCn1c(SCC(=O)Nc2cc(S(=O)(=O)N(C)C)ccc2C)nc2ccccc21. The minimum atomic E-state index is -3.58. The van der Waals surface area contributed by atoms with Gasteiger partial charge in [-0.2, -0.15) is 0 Å². The predicted octanol–water partition coefficient (Wildman–Crippen LogP) is 4.91. The first-order valence-corrected chi connectivity index (χ1v) is 13.6. The molecule has 1 N–H and O–H groups in total. The van der Waals surface area contributed by atoms with Crippen molar-refractivity contribution in [1.82, 2.24) is 13.9 Å². The number of aryl methyl sites for hydroxylation is 2. The molecule has 0 unspecified atom stereocenters. The fourth-order valence-electron chi connectivity index (χ4n) is 3.50. The summed E-state index contributed by atoms with van der Waals surface area (Å²) in [5, 5.41) is 3.69. The highest BCUT2D eigenvalue weighted by molar-refractivity contribution is 7.99. The van der Waals surface area contributed by atoms with Crippen molar-refractivity contribution < 1.29 is 13.2 Å². The van der Waals surface area contributed by atoms with Crippen LogP contribution in [0, 0.1) is 6.92 Å². The first-order chi connectivity index (χ1) is 15.7. The van der Waals surface area contributed by atoms with Crippen LogP contribution in [0.1, 0.15) is 38.2 Å². The molecule has 1 heterocycles. The summed E-state index contributed by atoms with van der Waals surface area (Å²) in [6, 6.07) is 12.8. The molecule has 178 valence electrons. The van der Waals surface area contributed by atoms with Gasteiger partial charge in [0.15, 0.2) is 5.16 Å². The summed E-state index contributed by atoms with van der Waals surface area (Å²) in [5.41, 5.74) is 3.30. The van der Waals surface area contributed by atoms with E-state index in [1.165, 1.54) is 51.2 Å². The number of nitrogens with one attached hydrogen (secondary N) is 1. The van der Waals surface area contributed by atoms with Crippen LogP contribution in [0.2, 0.25) is 0 Å². The number of imidazole rings is 1. The van der Waals surface area contributed by atoms with Crippen LogP contribution in [0.3, 0.4) is 0 Å². The maximum atomic E-state index is 12.7. The van der Waals surface area contributed by atoms with Gasteiger partial charge >= 0.3 is 0 Å². The third kappa shape index (κ3) is 6.16. The third-order valence-corrected chi connectivity index (χ3v) is 8.24. The lowest BCUT2D eigenvalue weighted by atomic mass is 10.2. The van der Waals surface area contributed by atoms with Crippen LogP contribution in [0.15, 0.2) is 52.5 Å². The Kier molecular flexibility index (Phi) is 8.56. The molecule has 0 aliphatic carbocycles. The van der Waals surface area contributed by atoms with Gasteiger partial charge in [-0.15, -0.1) is 0 Å². The van der Waals surface area contributed by atoms with Crippen molar-refractivity contribution in [2.75, 3.05) is 25.2 Å². The first kappa shape index (κ1) is 25.3. The number of carbonyl (C=O) groups is 1. The molecule has 0 aliphatic rings. The summed E-state index contributed by atoms with van der Waals surface area (Å²) in [7, 11) is -0.608. The van der Waals surface area contributed by atoms with Crippen LogP contribution >= 0.6 is 11.8 Å². The lowest BCUT2D eigenvalue weighted by Gasteiger charge is -2.14. The minimum absolute atomic E-state index is 0.148. The monoisotopic (exact) mass is 488 g/mol. The normalized spacial score (nSPS) is 11.9. The number of rotatable bonds is 11. The molecular formula is C24H32N4O3S2. The van der Waals surface area contributed by atoms with E-state index in [0.717, 1.165) is 39.0 Å². The zero-order chi connectivity index (χ0) is 24.0. The third-order valence-electron chi connectivity index (χ3n) is 5.45. The van der Waals surface area contributed by atoms with E-state index >= 15 is 0 Å². The highest BCUT2D eigenvalue weighted by Gasteiger charge is 2.19. The van der Waals surface area contributed by atoms with Gasteiger partial charge < -0.3 is 9.88 Å². The quantitative estimate of drug-likeness (QED) is 0.306. The second-order valence-corrected chi connectivity index (χ2v) is 11.3. The summed E-state index contributed by atoms with van der Waals surface area (Å²) in [5.74, 6) is -0.0189. The zero-order valence-corrected chi connectivity index (χ0v) is 21.3. The van der Waals surface area contributed by atoms with Gasteiger partial charge in [-0.1, -0.05) is 56.1 Å². The number of aromatic nitrogens is 2. The second kappa shape index (κ2) is 11.2. The molecule has 9 heteroatoms. The number of nitrogens with zero attached hydrogens (tertiary/aromatic N) is 3. The molecular weight excluding hydrogens is 456 g/mol. The highest BCUT2D eigenvalue weighted by atomic mass is 32.2. The number of fused-ring (bicyclic) bond motifs is 1. The summed E-state index contributed by atoms with van der Waals surface area (Å²) in [6.07, 6.45) is 4.63. The van der Waals surface area contributed by atoms with Crippen molar-refractivity contribution in [2.24, 2.45) is 0 Å². The molecule has 3 aromatic rings. The Morgan fingerprint density at radius 1 is 1.12 bits per heavy atom. The van der Waals surface area contributed by atoms with Gasteiger partial charge in [-0.3, -0.25) is 4.79 Å². The van der Waals surface area contributed by atoms with E-state index in [1.54, 1.807) is 12.1 Å². The van der Waals surface area contributed by atoms with E-state index in [9.17, 15) is 13.2 Å². The van der Waals surface area contributed by atoms with Crippen molar-refractivity contribution in [1.29, 1.82) is 0 Å². The van der Waals surface area contributed by atoms with E-state index < -0.39 is 10.0 Å². The van der Waals surface area contributed by atoms with Crippen molar-refractivity contribution >= 4 is 44.4 Å². The number of anilines is 1. The Balaban J connectivity index is 1.72. The van der Waals surface area contributed by atoms with E-state index in [0.29, 0.717) is 5.69 Å². The molecule has 0 radical (unpaired) electrons. The van der Waals surface area contributed by atoms with E-state index in [-0.39, 0.29) is 16.6 Å². The lowest BCUT2D eigenvalue weighted by molar-refractivity contribution is -0.113. The largest absolute Gasteiger partial charge is 0.325 e. The number of benzene rings is 2. The van der Waals surface area contributed by atoms with Crippen LogP contribution in [-0.4, -0.2) is 48.0 Å². The molecule has 0 saturated heterocycles. The topological polar surface area (TPSA) is 84.3 Å². The zero-order valence-electron chi connectivity index (χ0n) is 19.7. The molecule has 1 amide bonds. The molecule has 33 heavy (non-hydrogen) atoms. The Morgan fingerprint density at radius 2 is 1.88 bits per heavy atom. The average Bonchev–Trinajstić information content (AvgIpc) is 3.14. The molecule has 7 nitrogen and oxygen atoms in total. The molecule has 2 aromatic carbocycles. The number of carbonyl (C=O) groups excluding carboxylic acids is 1. The summed E-state index contributed by atoms with van der Waals surface area (Å²) >= 11 is 1.40. The number of amides is 1. The van der Waals surface area contributed by atoms with Crippen molar-refractivity contribution in [3.8, 4) is 0 Å². The van der Waals surface area contributed by atoms with Gasteiger partial charge in [0, 0.05) is 26.3 Å². The lowest BCUT2D eigenvalue weighted by Crippen LogP contribution is -2.22.